The number of benzene rings is 1. The lowest BCUT2D eigenvalue weighted by Gasteiger charge is -2.25. The third kappa shape index (κ3) is 4.59. The normalized spacial score (nSPS) is 13.5. The first kappa shape index (κ1) is 22.4. The van der Waals surface area contributed by atoms with E-state index in [2.05, 4.69) is 10.2 Å². The molecule has 0 aliphatic heterocycles. The van der Waals surface area contributed by atoms with Crippen molar-refractivity contribution in [3.63, 3.8) is 0 Å². The molecule has 0 radical (unpaired) electrons. The van der Waals surface area contributed by atoms with E-state index in [1.807, 2.05) is 37.3 Å². The summed E-state index contributed by atoms with van der Waals surface area (Å²) in [4.78, 5) is 24.5. The van der Waals surface area contributed by atoms with Gasteiger partial charge < -0.3 is 4.57 Å². The van der Waals surface area contributed by atoms with Gasteiger partial charge in [-0.25, -0.2) is 13.9 Å². The number of pyridine rings is 1. The van der Waals surface area contributed by atoms with Crippen LogP contribution in [0, 0.1) is 6.92 Å². The zero-order valence-corrected chi connectivity index (χ0v) is 18.2. The Morgan fingerprint density at radius 3 is 2.32 bits per heavy atom. The maximum atomic E-state index is 12.6. The fourth-order valence-electron chi connectivity index (χ4n) is 3.19. The molecule has 10 heteroatoms. The molecule has 1 aromatic carbocycles. The zero-order valence-electron chi connectivity index (χ0n) is 17.4. The van der Waals surface area contributed by atoms with Crippen LogP contribution in [-0.2, 0) is 21.2 Å². The molecule has 3 aromatic rings. The van der Waals surface area contributed by atoms with Crippen molar-refractivity contribution in [1.29, 1.82) is 0 Å². The lowest BCUT2D eigenvalue weighted by molar-refractivity contribution is -0.131. The monoisotopic (exact) mass is 444 g/mol. The number of aromatic amines is 1. The van der Waals surface area contributed by atoms with E-state index in [0.29, 0.717) is 5.56 Å². The van der Waals surface area contributed by atoms with Crippen LogP contribution in [0.4, 0.5) is 0 Å². The number of hydroxylamine groups is 1. The minimum Gasteiger partial charge on any atom is -0.315 e. The average Bonchev–Trinajstić information content (AvgIpc) is 3.17. The number of amides is 1. The fraction of sp³-hybridized carbons (Fsp3) is 0.286. The molecule has 0 aliphatic rings. The Morgan fingerprint density at radius 2 is 1.81 bits per heavy atom. The van der Waals surface area contributed by atoms with Crippen molar-refractivity contribution in [3.8, 4) is 22.4 Å². The van der Waals surface area contributed by atoms with Crippen molar-refractivity contribution >= 4 is 15.7 Å². The van der Waals surface area contributed by atoms with E-state index in [0.717, 1.165) is 28.8 Å². The van der Waals surface area contributed by atoms with Gasteiger partial charge in [-0.2, -0.15) is 5.10 Å². The summed E-state index contributed by atoms with van der Waals surface area (Å²) in [7, 11) is -3.83. The van der Waals surface area contributed by atoms with Crippen molar-refractivity contribution in [2.24, 2.45) is 0 Å². The second-order valence-electron chi connectivity index (χ2n) is 7.65. The Balaban J connectivity index is 1.80. The molecule has 0 fully saturated rings. The van der Waals surface area contributed by atoms with E-state index >= 15 is 0 Å². The van der Waals surface area contributed by atoms with Gasteiger partial charge in [0.15, 0.2) is 14.6 Å². The molecule has 164 valence electrons. The van der Waals surface area contributed by atoms with Crippen molar-refractivity contribution in [2.75, 3.05) is 6.26 Å². The van der Waals surface area contributed by atoms with Crippen LogP contribution >= 0.6 is 0 Å². The first-order chi connectivity index (χ1) is 14.5. The number of nitrogens with one attached hydrogen (secondary N) is 2. The number of hydrogen-bond donors (Lipinski definition) is 3. The predicted octanol–water partition coefficient (Wildman–Crippen LogP) is 1.91. The number of aryl methyl sites for hydroxylation is 2. The van der Waals surface area contributed by atoms with Crippen LogP contribution in [0.1, 0.15) is 19.0 Å². The number of nitrogens with zero attached hydrogens (tertiary/aromatic N) is 2. The second-order valence-corrected chi connectivity index (χ2v) is 10.1. The molecule has 0 bridgehead atoms. The van der Waals surface area contributed by atoms with Crippen molar-refractivity contribution in [2.45, 2.75) is 31.6 Å². The summed E-state index contributed by atoms with van der Waals surface area (Å²) in [6.45, 7) is 3.14. The minimum absolute atomic E-state index is 0.00640. The van der Waals surface area contributed by atoms with Crippen LogP contribution in [-0.4, -0.2) is 45.3 Å². The van der Waals surface area contributed by atoms with Crippen molar-refractivity contribution < 1.29 is 18.4 Å². The van der Waals surface area contributed by atoms with Gasteiger partial charge in [0.2, 0.25) is 0 Å². The van der Waals surface area contributed by atoms with Crippen LogP contribution in [0.3, 0.4) is 0 Å². The Morgan fingerprint density at radius 1 is 1.16 bits per heavy atom. The number of sulfone groups is 1. The Kier molecular flexibility index (Phi) is 6.14. The molecule has 0 saturated heterocycles. The van der Waals surface area contributed by atoms with Crippen LogP contribution in [0.25, 0.3) is 22.4 Å². The highest BCUT2D eigenvalue weighted by Gasteiger charge is 2.43. The lowest BCUT2D eigenvalue weighted by atomic mass is 10.0. The highest BCUT2D eigenvalue weighted by atomic mass is 32.2. The quantitative estimate of drug-likeness (QED) is 0.376. The molecule has 0 aliphatic carbocycles. The Bertz CT molecular complexity index is 1260. The Labute approximate surface area is 179 Å². The summed E-state index contributed by atoms with van der Waals surface area (Å²) in [5.74, 6) is -1.04. The third-order valence-corrected chi connectivity index (χ3v) is 7.47. The van der Waals surface area contributed by atoms with Crippen LogP contribution < -0.4 is 11.0 Å². The van der Waals surface area contributed by atoms with E-state index in [9.17, 15) is 18.0 Å². The number of aromatic nitrogens is 3. The van der Waals surface area contributed by atoms with Crippen LogP contribution in [0.5, 0.6) is 0 Å². The Hall–Kier alpha value is -3.24. The first-order valence-electron chi connectivity index (χ1n) is 9.52. The van der Waals surface area contributed by atoms with E-state index in [-0.39, 0.29) is 18.5 Å². The van der Waals surface area contributed by atoms with E-state index in [4.69, 9.17) is 5.21 Å². The number of carbonyl (C=O) groups is 1. The molecule has 31 heavy (non-hydrogen) atoms. The van der Waals surface area contributed by atoms with Crippen molar-refractivity contribution in [1.82, 2.24) is 20.2 Å². The topological polar surface area (TPSA) is 134 Å². The lowest BCUT2D eigenvalue weighted by Crippen LogP contribution is -2.49. The SMILES string of the molecule is Cc1cc(-c2ccc(-c3ccn(CCC(C)(C(=O)NO)S(C)(=O)=O)c(=O)c3)cc2)n[nH]1. The minimum atomic E-state index is -3.83. The van der Waals surface area contributed by atoms with E-state index < -0.39 is 20.5 Å². The van der Waals surface area contributed by atoms with Crippen LogP contribution in [0.2, 0.25) is 0 Å². The number of H-pyrrole nitrogens is 1. The van der Waals surface area contributed by atoms with E-state index in [1.165, 1.54) is 23.0 Å². The van der Waals surface area contributed by atoms with Crippen LogP contribution in [0.15, 0.2) is 53.5 Å². The average molecular weight is 445 g/mol. The molecule has 0 saturated carbocycles. The summed E-state index contributed by atoms with van der Waals surface area (Å²) in [6, 6.07) is 12.8. The smallest absolute Gasteiger partial charge is 0.264 e. The van der Waals surface area contributed by atoms with Gasteiger partial charge in [-0.1, -0.05) is 24.3 Å². The van der Waals surface area contributed by atoms with Gasteiger partial charge in [0.05, 0.1) is 5.69 Å². The van der Waals surface area contributed by atoms with Gasteiger partial charge in [-0.15, -0.1) is 0 Å². The van der Waals surface area contributed by atoms with Gasteiger partial charge in [-0.05, 0) is 43.5 Å². The molecular weight excluding hydrogens is 420 g/mol. The molecule has 2 heterocycles. The van der Waals surface area contributed by atoms with E-state index in [1.54, 1.807) is 12.3 Å². The van der Waals surface area contributed by atoms with Gasteiger partial charge in [0, 0.05) is 36.3 Å². The summed E-state index contributed by atoms with van der Waals surface area (Å²) >= 11 is 0. The van der Waals surface area contributed by atoms with Crippen molar-refractivity contribution in [3.05, 3.63) is 64.7 Å². The maximum Gasteiger partial charge on any atom is 0.264 e. The third-order valence-electron chi connectivity index (χ3n) is 5.45. The molecule has 1 unspecified atom stereocenters. The van der Waals surface area contributed by atoms with Gasteiger partial charge in [0.1, 0.15) is 0 Å². The molecule has 3 rings (SSSR count). The highest BCUT2D eigenvalue weighted by Crippen LogP contribution is 2.24. The molecule has 9 nitrogen and oxygen atoms in total. The number of rotatable bonds is 7. The molecule has 0 spiro atoms. The summed E-state index contributed by atoms with van der Waals surface area (Å²) in [6.07, 6.45) is 2.31. The molecular formula is C21H24N4O5S. The summed E-state index contributed by atoms with van der Waals surface area (Å²) in [5, 5.41) is 16.0. The molecule has 2 aromatic heterocycles. The summed E-state index contributed by atoms with van der Waals surface area (Å²) in [5.41, 5.74) is 5.38. The highest BCUT2D eigenvalue weighted by molar-refractivity contribution is 7.92. The van der Waals surface area contributed by atoms with Gasteiger partial charge in [-0.3, -0.25) is 19.9 Å². The molecule has 1 atom stereocenters. The second kappa shape index (κ2) is 8.48. The van der Waals surface area contributed by atoms with Gasteiger partial charge in [0.25, 0.3) is 11.5 Å². The number of hydrogen-bond acceptors (Lipinski definition) is 6. The first-order valence-corrected chi connectivity index (χ1v) is 11.4. The zero-order chi connectivity index (χ0) is 22.8. The largest absolute Gasteiger partial charge is 0.315 e. The predicted molar refractivity (Wildman–Crippen MR) is 116 cm³/mol. The maximum absolute atomic E-state index is 12.6. The number of carbonyl (C=O) groups excluding carboxylic acids is 1. The standard InChI is InChI=1S/C21H24N4O5S/c1-14-12-18(23-22-14)16-6-4-15(5-7-16)17-8-10-25(19(26)13-17)11-9-21(2,20(27)24-28)31(3,29)30/h4-8,10,12-13,28H,9,11H2,1-3H3,(H,22,23)(H,24,27). The summed E-state index contributed by atoms with van der Waals surface area (Å²) < 4.78 is 23.6. The molecule has 3 N–H and O–H groups in total. The molecule has 1 amide bonds. The van der Waals surface area contributed by atoms with Gasteiger partial charge >= 0.3 is 0 Å². The fourth-order valence-corrected chi connectivity index (χ4v) is 4.04.